The number of benzene rings is 2. The van der Waals surface area contributed by atoms with E-state index in [0.29, 0.717) is 41.9 Å². The molecule has 1 aliphatic rings. The van der Waals surface area contributed by atoms with Crippen molar-refractivity contribution in [2.75, 3.05) is 38.6 Å². The molecule has 7 nitrogen and oxygen atoms in total. The maximum atomic E-state index is 12.8. The molecule has 0 saturated carbocycles. The first kappa shape index (κ1) is 21.5. The number of carbonyl (C=O) groups excluding carboxylic acids is 1. The fourth-order valence-electron chi connectivity index (χ4n) is 2.90. The number of methoxy groups -OCH3 is 1. The zero-order chi connectivity index (χ0) is 21.0. The number of carbonyl (C=O) groups is 1. The second-order valence-corrected chi connectivity index (χ2v) is 9.11. The van der Waals surface area contributed by atoms with Gasteiger partial charge in [-0.1, -0.05) is 11.6 Å². The molecule has 0 aliphatic carbocycles. The first-order valence-electron chi connectivity index (χ1n) is 8.81. The summed E-state index contributed by atoms with van der Waals surface area (Å²) in [5.74, 6) is -0.405. The summed E-state index contributed by atoms with van der Waals surface area (Å²) in [7, 11) is -2.23. The van der Waals surface area contributed by atoms with Crippen LogP contribution in [0, 0.1) is 0 Å². The van der Waals surface area contributed by atoms with Crippen LogP contribution < -0.4 is 5.32 Å². The average molecular weight is 454 g/mol. The Balaban J connectivity index is 1.58. The molecule has 2 aromatic carbocycles. The third-order valence-electron chi connectivity index (χ3n) is 4.53. The lowest BCUT2D eigenvalue weighted by Gasteiger charge is -2.35. The molecule has 154 valence electrons. The highest BCUT2D eigenvalue weighted by atomic mass is 35.5. The monoisotopic (exact) mass is 453 g/mol. The van der Waals surface area contributed by atoms with Crippen molar-refractivity contribution in [3.63, 3.8) is 0 Å². The summed E-state index contributed by atoms with van der Waals surface area (Å²) in [6.45, 7) is 1.60. The van der Waals surface area contributed by atoms with Crippen molar-refractivity contribution in [3.8, 4) is 0 Å². The summed E-state index contributed by atoms with van der Waals surface area (Å²) in [6, 6.07) is 12.9. The van der Waals surface area contributed by atoms with E-state index in [-0.39, 0.29) is 4.90 Å². The molecule has 0 radical (unpaired) electrons. The number of nitrogens with zero attached hydrogens (tertiary/aromatic N) is 2. The van der Waals surface area contributed by atoms with Crippen LogP contribution in [0.15, 0.2) is 53.4 Å². The lowest BCUT2D eigenvalue weighted by Crippen LogP contribution is -2.51. The van der Waals surface area contributed by atoms with E-state index in [2.05, 4.69) is 10.1 Å². The SMILES string of the molecule is COC(=O)c1ccc(NC(=S)N2CCN(S(=O)(=O)c3ccc(Cl)cc3)CC2)cc1. The maximum Gasteiger partial charge on any atom is 0.337 e. The van der Waals surface area contributed by atoms with E-state index >= 15 is 0 Å². The normalized spacial score (nSPS) is 15.0. The van der Waals surface area contributed by atoms with E-state index < -0.39 is 16.0 Å². The van der Waals surface area contributed by atoms with Crippen molar-refractivity contribution in [3.05, 3.63) is 59.1 Å². The molecule has 0 spiro atoms. The fourth-order valence-corrected chi connectivity index (χ4v) is 4.75. The first-order chi connectivity index (χ1) is 13.8. The number of thiocarbonyl (C=S) groups is 1. The standard InChI is InChI=1S/C19H20ClN3O4S2/c1-27-18(24)14-2-6-16(7-3-14)21-19(28)22-10-12-23(13-11-22)29(25,26)17-8-4-15(20)5-9-17/h2-9H,10-13H2,1H3,(H,21,28). The molecule has 1 heterocycles. The van der Waals surface area contributed by atoms with Gasteiger partial charge in [0.1, 0.15) is 0 Å². The second kappa shape index (κ2) is 9.08. The molecule has 3 rings (SSSR count). The average Bonchev–Trinajstić information content (AvgIpc) is 2.74. The van der Waals surface area contributed by atoms with Gasteiger partial charge in [-0.05, 0) is 60.7 Å². The van der Waals surface area contributed by atoms with Gasteiger partial charge >= 0.3 is 5.97 Å². The number of piperazine rings is 1. The van der Waals surface area contributed by atoms with Crippen molar-refractivity contribution in [1.82, 2.24) is 9.21 Å². The molecule has 0 atom stereocenters. The van der Waals surface area contributed by atoms with Crippen LogP contribution in [0.1, 0.15) is 10.4 Å². The largest absolute Gasteiger partial charge is 0.465 e. The van der Waals surface area contributed by atoms with Crippen molar-refractivity contribution >= 4 is 50.6 Å². The number of rotatable bonds is 4. The predicted molar refractivity (Wildman–Crippen MR) is 116 cm³/mol. The van der Waals surface area contributed by atoms with Gasteiger partial charge in [-0.25, -0.2) is 13.2 Å². The summed E-state index contributed by atoms with van der Waals surface area (Å²) in [5, 5.41) is 4.10. The lowest BCUT2D eigenvalue weighted by atomic mass is 10.2. The molecule has 2 aromatic rings. The van der Waals surface area contributed by atoms with E-state index in [1.165, 1.54) is 23.5 Å². The van der Waals surface area contributed by atoms with E-state index in [1.807, 2.05) is 4.90 Å². The quantitative estimate of drug-likeness (QED) is 0.563. The van der Waals surface area contributed by atoms with Crippen molar-refractivity contribution in [2.45, 2.75) is 4.90 Å². The van der Waals surface area contributed by atoms with Gasteiger partial charge in [-0.15, -0.1) is 0 Å². The number of anilines is 1. The summed E-state index contributed by atoms with van der Waals surface area (Å²) in [6.07, 6.45) is 0. The molecule has 0 amide bonds. The van der Waals surface area contributed by atoms with E-state index in [0.717, 1.165) is 5.69 Å². The van der Waals surface area contributed by atoms with Gasteiger partial charge in [-0.2, -0.15) is 4.31 Å². The van der Waals surface area contributed by atoms with Gasteiger partial charge in [0.05, 0.1) is 17.6 Å². The lowest BCUT2D eigenvalue weighted by molar-refractivity contribution is 0.0600. The number of esters is 1. The predicted octanol–water partition coefficient (Wildman–Crippen LogP) is 2.83. The van der Waals surface area contributed by atoms with Crippen molar-refractivity contribution in [2.24, 2.45) is 0 Å². The Morgan fingerprint density at radius 3 is 2.17 bits per heavy atom. The molecule has 0 aromatic heterocycles. The zero-order valence-corrected chi connectivity index (χ0v) is 18.1. The maximum absolute atomic E-state index is 12.8. The highest BCUT2D eigenvalue weighted by Gasteiger charge is 2.29. The summed E-state index contributed by atoms with van der Waals surface area (Å²) >= 11 is 11.3. The van der Waals surface area contributed by atoms with Gasteiger partial charge in [0.2, 0.25) is 10.0 Å². The Labute approximate surface area is 180 Å². The zero-order valence-electron chi connectivity index (χ0n) is 15.7. The summed E-state index contributed by atoms with van der Waals surface area (Å²) in [4.78, 5) is 13.6. The molecule has 10 heteroatoms. The second-order valence-electron chi connectivity index (χ2n) is 6.34. The van der Waals surface area contributed by atoms with Gasteiger partial charge in [-0.3, -0.25) is 0 Å². The number of hydrogen-bond acceptors (Lipinski definition) is 5. The van der Waals surface area contributed by atoms with E-state index in [9.17, 15) is 13.2 Å². The number of ether oxygens (including phenoxy) is 1. The minimum Gasteiger partial charge on any atom is -0.465 e. The molecular weight excluding hydrogens is 434 g/mol. The molecule has 29 heavy (non-hydrogen) atoms. The number of hydrogen-bond donors (Lipinski definition) is 1. The van der Waals surface area contributed by atoms with E-state index in [1.54, 1.807) is 36.4 Å². The first-order valence-corrected chi connectivity index (χ1v) is 11.0. The molecule has 0 unspecified atom stereocenters. The van der Waals surface area contributed by atoms with Gasteiger partial charge in [0.25, 0.3) is 0 Å². The van der Waals surface area contributed by atoms with Crippen LogP contribution in [-0.4, -0.2) is 62.0 Å². The highest BCUT2D eigenvalue weighted by Crippen LogP contribution is 2.20. The number of nitrogens with one attached hydrogen (secondary N) is 1. The Morgan fingerprint density at radius 2 is 1.62 bits per heavy atom. The van der Waals surface area contributed by atoms with Crippen molar-refractivity contribution < 1.29 is 17.9 Å². The van der Waals surface area contributed by atoms with Crippen LogP contribution in [0.5, 0.6) is 0 Å². The summed E-state index contributed by atoms with van der Waals surface area (Å²) in [5.41, 5.74) is 1.18. The molecule has 1 saturated heterocycles. The van der Waals surface area contributed by atoms with Crippen LogP contribution in [0.2, 0.25) is 5.02 Å². The molecule has 1 fully saturated rings. The van der Waals surface area contributed by atoms with Crippen LogP contribution >= 0.6 is 23.8 Å². The Hall–Kier alpha value is -2.20. The number of sulfonamides is 1. The van der Waals surface area contributed by atoms with Crippen LogP contribution in [0.25, 0.3) is 0 Å². The third kappa shape index (κ3) is 5.05. The molecule has 1 aliphatic heterocycles. The van der Waals surface area contributed by atoms with Gasteiger partial charge in [0, 0.05) is 36.9 Å². The Kier molecular flexibility index (Phi) is 6.74. The van der Waals surface area contributed by atoms with Gasteiger partial charge < -0.3 is 15.0 Å². The smallest absolute Gasteiger partial charge is 0.337 e. The van der Waals surface area contributed by atoms with Gasteiger partial charge in [0.15, 0.2) is 5.11 Å². The van der Waals surface area contributed by atoms with E-state index in [4.69, 9.17) is 23.8 Å². The minimum atomic E-state index is -3.56. The highest BCUT2D eigenvalue weighted by molar-refractivity contribution is 7.89. The van der Waals surface area contributed by atoms with Crippen LogP contribution in [0.3, 0.4) is 0 Å². The molecular formula is C19H20ClN3O4S2. The Bertz CT molecular complexity index is 987. The molecule has 0 bridgehead atoms. The molecule has 1 N–H and O–H groups in total. The number of halogens is 1. The fraction of sp³-hybridized carbons (Fsp3) is 0.263. The summed E-state index contributed by atoms with van der Waals surface area (Å²) < 4.78 is 31.6. The Morgan fingerprint density at radius 1 is 1.03 bits per heavy atom. The third-order valence-corrected chi connectivity index (χ3v) is 7.06. The topological polar surface area (TPSA) is 79.0 Å². The van der Waals surface area contributed by atoms with Crippen molar-refractivity contribution in [1.29, 1.82) is 0 Å². The minimum absolute atomic E-state index is 0.224. The van der Waals surface area contributed by atoms with Crippen LogP contribution in [-0.2, 0) is 14.8 Å². The van der Waals surface area contributed by atoms with Crippen LogP contribution in [0.4, 0.5) is 5.69 Å².